The van der Waals surface area contributed by atoms with Gasteiger partial charge in [0, 0.05) is 11.3 Å². The fraction of sp³-hybridized carbons (Fsp3) is 0.500. The second-order valence-electron chi connectivity index (χ2n) is 3.23. The summed E-state index contributed by atoms with van der Waals surface area (Å²) in [6.07, 6.45) is -0.0736. The number of aromatic nitrogens is 2. The number of nitrogens with two attached hydrogens (primary N) is 1. The maximum absolute atomic E-state index is 10.5. The van der Waals surface area contributed by atoms with Gasteiger partial charge in [0.25, 0.3) is 0 Å². The summed E-state index contributed by atoms with van der Waals surface area (Å²) in [5, 5.41) is 15.1. The van der Waals surface area contributed by atoms with E-state index in [4.69, 9.17) is 10.8 Å². The molecule has 0 amide bonds. The molecule has 13 heavy (non-hydrogen) atoms. The number of H-pyrrole nitrogens is 1. The van der Waals surface area contributed by atoms with Crippen molar-refractivity contribution < 1.29 is 9.90 Å². The molecule has 5 nitrogen and oxygen atoms in total. The Morgan fingerprint density at radius 2 is 2.31 bits per heavy atom. The van der Waals surface area contributed by atoms with Crippen LogP contribution in [0.25, 0.3) is 0 Å². The monoisotopic (exact) mass is 183 g/mol. The van der Waals surface area contributed by atoms with E-state index in [1.165, 1.54) is 0 Å². The van der Waals surface area contributed by atoms with E-state index in [2.05, 4.69) is 10.2 Å². The van der Waals surface area contributed by atoms with Gasteiger partial charge in [0.05, 0.1) is 6.42 Å². The van der Waals surface area contributed by atoms with E-state index >= 15 is 0 Å². The molecule has 5 heteroatoms. The zero-order chi connectivity index (χ0) is 10.0. The van der Waals surface area contributed by atoms with Gasteiger partial charge in [-0.15, -0.1) is 0 Å². The number of nitrogens with one attached hydrogen (secondary N) is 1. The third kappa shape index (κ3) is 1.99. The van der Waals surface area contributed by atoms with Gasteiger partial charge in [-0.3, -0.25) is 9.89 Å². The van der Waals surface area contributed by atoms with Crippen molar-refractivity contribution in [3.8, 4) is 0 Å². The number of carboxylic acid groups (broad SMARTS) is 1. The van der Waals surface area contributed by atoms with Crippen molar-refractivity contribution in [2.24, 2.45) is 0 Å². The van der Waals surface area contributed by atoms with Crippen LogP contribution in [0, 0.1) is 0 Å². The lowest BCUT2D eigenvalue weighted by Gasteiger charge is -2.03. The number of hydrogen-bond donors (Lipinski definition) is 3. The first kappa shape index (κ1) is 9.57. The Bertz CT molecular complexity index is 317. The van der Waals surface area contributed by atoms with Gasteiger partial charge >= 0.3 is 5.97 Å². The Balaban J connectivity index is 3.01. The summed E-state index contributed by atoms with van der Waals surface area (Å²) in [6, 6.07) is 0. The Morgan fingerprint density at radius 1 is 1.69 bits per heavy atom. The predicted molar refractivity (Wildman–Crippen MR) is 48.4 cm³/mol. The number of carboxylic acids is 1. The number of hydrogen-bond acceptors (Lipinski definition) is 3. The lowest BCUT2D eigenvalue weighted by Crippen LogP contribution is -2.05. The Morgan fingerprint density at radius 3 is 2.77 bits per heavy atom. The predicted octanol–water partition coefficient (Wildman–Crippen LogP) is 0.742. The van der Waals surface area contributed by atoms with E-state index in [0.29, 0.717) is 5.56 Å². The van der Waals surface area contributed by atoms with Crippen LogP contribution in [0.15, 0.2) is 0 Å². The average molecular weight is 183 g/mol. The number of nitrogen functional groups attached to an aromatic ring is 1. The first-order valence-corrected chi connectivity index (χ1v) is 4.06. The third-order valence-electron chi connectivity index (χ3n) is 1.84. The lowest BCUT2D eigenvalue weighted by molar-refractivity contribution is -0.136. The van der Waals surface area contributed by atoms with E-state index in [9.17, 15) is 4.79 Å². The first-order chi connectivity index (χ1) is 6.02. The molecule has 1 aromatic heterocycles. The quantitative estimate of drug-likeness (QED) is 0.644. The average Bonchev–Trinajstić information content (AvgIpc) is 2.32. The Labute approximate surface area is 75.9 Å². The summed E-state index contributed by atoms with van der Waals surface area (Å²) >= 11 is 0. The van der Waals surface area contributed by atoms with Crippen LogP contribution in [-0.2, 0) is 11.2 Å². The molecule has 0 saturated carbocycles. The molecule has 0 spiro atoms. The van der Waals surface area contributed by atoms with Gasteiger partial charge in [0.15, 0.2) is 0 Å². The SMILES string of the molecule is CC(C)c1[nH]nc(N)c1CC(=O)O. The van der Waals surface area contributed by atoms with Crippen molar-refractivity contribution >= 4 is 11.8 Å². The summed E-state index contributed by atoms with van der Waals surface area (Å²) < 4.78 is 0. The van der Waals surface area contributed by atoms with E-state index in [1.54, 1.807) is 0 Å². The second kappa shape index (κ2) is 3.47. The van der Waals surface area contributed by atoms with E-state index in [-0.39, 0.29) is 18.2 Å². The van der Waals surface area contributed by atoms with Crippen molar-refractivity contribution in [3.63, 3.8) is 0 Å². The van der Waals surface area contributed by atoms with E-state index in [0.717, 1.165) is 5.69 Å². The van der Waals surface area contributed by atoms with Gasteiger partial charge in [-0.25, -0.2) is 0 Å². The first-order valence-electron chi connectivity index (χ1n) is 4.06. The molecule has 1 heterocycles. The molecule has 1 aromatic rings. The standard InChI is InChI=1S/C8H13N3O2/c1-4(2)7-5(3-6(12)13)8(9)11-10-7/h4H,3H2,1-2H3,(H,12,13)(H3,9,10,11). The second-order valence-corrected chi connectivity index (χ2v) is 3.23. The highest BCUT2D eigenvalue weighted by molar-refractivity contribution is 5.72. The van der Waals surface area contributed by atoms with Gasteiger partial charge in [0.1, 0.15) is 5.82 Å². The van der Waals surface area contributed by atoms with Gasteiger partial charge in [-0.2, -0.15) is 5.10 Å². The molecule has 0 aliphatic carbocycles. The molecule has 1 rings (SSSR count). The maximum Gasteiger partial charge on any atom is 0.308 e. The van der Waals surface area contributed by atoms with Crippen molar-refractivity contribution in [3.05, 3.63) is 11.3 Å². The molecule has 0 saturated heterocycles. The van der Waals surface area contributed by atoms with E-state index < -0.39 is 5.97 Å². The van der Waals surface area contributed by atoms with Gasteiger partial charge in [-0.1, -0.05) is 13.8 Å². The summed E-state index contributed by atoms with van der Waals surface area (Å²) in [6.45, 7) is 3.91. The highest BCUT2D eigenvalue weighted by Crippen LogP contribution is 2.21. The van der Waals surface area contributed by atoms with Crippen molar-refractivity contribution in [2.45, 2.75) is 26.2 Å². The number of aliphatic carboxylic acids is 1. The zero-order valence-corrected chi connectivity index (χ0v) is 7.66. The zero-order valence-electron chi connectivity index (χ0n) is 7.66. The van der Waals surface area contributed by atoms with Crippen molar-refractivity contribution in [1.82, 2.24) is 10.2 Å². The highest BCUT2D eigenvalue weighted by atomic mass is 16.4. The number of aromatic amines is 1. The summed E-state index contributed by atoms with van der Waals surface area (Å²) in [4.78, 5) is 10.5. The molecule has 4 N–H and O–H groups in total. The van der Waals surface area contributed by atoms with Crippen LogP contribution in [0.4, 0.5) is 5.82 Å². The fourth-order valence-corrected chi connectivity index (χ4v) is 1.21. The minimum absolute atomic E-state index is 0.0736. The van der Waals surface area contributed by atoms with Crippen molar-refractivity contribution in [1.29, 1.82) is 0 Å². The van der Waals surface area contributed by atoms with Crippen LogP contribution in [0.3, 0.4) is 0 Å². The molecule has 0 atom stereocenters. The largest absolute Gasteiger partial charge is 0.481 e. The summed E-state index contributed by atoms with van der Waals surface area (Å²) in [7, 11) is 0. The molecule has 0 aliphatic rings. The van der Waals surface area contributed by atoms with Crippen LogP contribution in [-0.4, -0.2) is 21.3 Å². The van der Waals surface area contributed by atoms with Crippen LogP contribution in [0.5, 0.6) is 0 Å². The fourth-order valence-electron chi connectivity index (χ4n) is 1.21. The molecule has 0 radical (unpaired) electrons. The smallest absolute Gasteiger partial charge is 0.308 e. The molecule has 0 aromatic carbocycles. The molecule has 0 aliphatic heterocycles. The van der Waals surface area contributed by atoms with Crippen LogP contribution in [0.2, 0.25) is 0 Å². The van der Waals surface area contributed by atoms with Crippen LogP contribution in [0.1, 0.15) is 31.0 Å². The van der Waals surface area contributed by atoms with Crippen molar-refractivity contribution in [2.75, 3.05) is 5.73 Å². The van der Waals surface area contributed by atoms with E-state index in [1.807, 2.05) is 13.8 Å². The maximum atomic E-state index is 10.5. The molecular weight excluding hydrogens is 170 g/mol. The summed E-state index contributed by atoms with van der Waals surface area (Å²) in [5.74, 6) is -0.403. The third-order valence-corrected chi connectivity index (χ3v) is 1.84. The minimum Gasteiger partial charge on any atom is -0.481 e. The Kier molecular flexibility index (Phi) is 2.55. The molecule has 0 unspecified atom stereocenters. The highest BCUT2D eigenvalue weighted by Gasteiger charge is 2.15. The topological polar surface area (TPSA) is 92.0 Å². The summed E-state index contributed by atoms with van der Waals surface area (Å²) in [5.41, 5.74) is 6.93. The number of rotatable bonds is 3. The number of carbonyl (C=O) groups is 1. The lowest BCUT2D eigenvalue weighted by atomic mass is 10.0. The minimum atomic E-state index is -0.894. The van der Waals surface area contributed by atoms with Gasteiger partial charge < -0.3 is 10.8 Å². The molecule has 0 bridgehead atoms. The molecule has 0 fully saturated rings. The Hall–Kier alpha value is -1.52. The molecule has 72 valence electrons. The normalized spacial score (nSPS) is 10.7. The van der Waals surface area contributed by atoms with Gasteiger partial charge in [0.2, 0.25) is 0 Å². The van der Waals surface area contributed by atoms with Crippen LogP contribution >= 0.6 is 0 Å². The van der Waals surface area contributed by atoms with Gasteiger partial charge in [-0.05, 0) is 5.92 Å². The number of nitrogens with zero attached hydrogens (tertiary/aromatic N) is 1. The van der Waals surface area contributed by atoms with Crippen LogP contribution < -0.4 is 5.73 Å². The molecular formula is C8H13N3O2. The number of anilines is 1.